The molecule has 0 radical (unpaired) electrons. The van der Waals surface area contributed by atoms with Gasteiger partial charge in [0, 0.05) is 0 Å². The quantitative estimate of drug-likeness (QED) is 0.514. The molecule has 0 N–H and O–H groups in total. The molecule has 2 heteroatoms. The number of allylic oxidation sites excluding steroid dienone is 1. The van der Waals surface area contributed by atoms with Crippen molar-refractivity contribution in [2.75, 3.05) is 0 Å². The van der Waals surface area contributed by atoms with Gasteiger partial charge in [0.25, 0.3) is 0 Å². The van der Waals surface area contributed by atoms with E-state index in [1.165, 1.54) is 37.7 Å². The predicted molar refractivity (Wildman–Crippen MR) is 69.0 cm³/mol. The van der Waals surface area contributed by atoms with E-state index < -0.39 is 0 Å². The molecule has 2 unspecified atom stereocenters. The molecule has 0 aromatic carbocycles. The molecule has 1 saturated heterocycles. The molecule has 92 valence electrons. The number of ether oxygens (including phenoxy) is 1. The van der Waals surface area contributed by atoms with Gasteiger partial charge in [0.2, 0.25) is 0 Å². The molecule has 16 heavy (non-hydrogen) atoms. The summed E-state index contributed by atoms with van der Waals surface area (Å²) in [6.45, 7) is 4.39. The Morgan fingerprint density at radius 2 is 2.19 bits per heavy atom. The Labute approximate surface area is 104 Å². The second-order valence-electron chi connectivity index (χ2n) is 5.83. The number of alkyl halides is 1. The molecule has 1 nitrogen and oxygen atoms in total. The zero-order chi connectivity index (χ0) is 11.6. The van der Waals surface area contributed by atoms with E-state index in [0.717, 1.165) is 12.8 Å². The Morgan fingerprint density at radius 1 is 1.38 bits per heavy atom. The van der Waals surface area contributed by atoms with Crippen molar-refractivity contribution in [3.05, 3.63) is 11.6 Å². The minimum absolute atomic E-state index is 0.0936. The number of hydrogen-bond acceptors (Lipinski definition) is 1. The Bertz CT molecular complexity index is 270. The summed E-state index contributed by atoms with van der Waals surface area (Å²) in [6, 6.07) is 0. The highest BCUT2D eigenvalue weighted by molar-refractivity contribution is 6.21. The maximum Gasteiger partial charge on any atom is 0.0631 e. The monoisotopic (exact) mass is 242 g/mol. The molecular weight excluding hydrogens is 220 g/mol. The third kappa shape index (κ3) is 3.49. The normalized spacial score (nSPS) is 34.6. The third-order valence-corrected chi connectivity index (χ3v) is 4.03. The van der Waals surface area contributed by atoms with Gasteiger partial charge in [-0.25, -0.2) is 0 Å². The molecule has 0 aromatic heterocycles. The second-order valence-corrected chi connectivity index (χ2v) is 6.39. The minimum Gasteiger partial charge on any atom is -0.372 e. The molecule has 2 atom stereocenters. The molecule has 1 heterocycles. The molecule has 0 saturated carbocycles. The topological polar surface area (TPSA) is 9.23 Å². The van der Waals surface area contributed by atoms with E-state index in [1.54, 1.807) is 0 Å². The van der Waals surface area contributed by atoms with Crippen molar-refractivity contribution in [3.63, 3.8) is 0 Å². The summed E-state index contributed by atoms with van der Waals surface area (Å²) in [7, 11) is 0. The van der Waals surface area contributed by atoms with E-state index in [1.807, 2.05) is 0 Å². The van der Waals surface area contributed by atoms with Crippen LogP contribution in [0.2, 0.25) is 0 Å². The third-order valence-electron chi connectivity index (χ3n) is 3.69. The standard InChI is InChI=1S/C14H23ClO/c1-14(2)8-7-13(16-14)10-11-5-3-4-6-12(15)9-11/h9,12-13H,3-8,10H2,1-2H3. The number of hydrogen-bond donors (Lipinski definition) is 0. The lowest BCUT2D eigenvalue weighted by atomic mass is 10.00. The SMILES string of the molecule is CC1(C)CCC(CC2=CC(Cl)CCCC2)O1. The van der Waals surface area contributed by atoms with Crippen molar-refractivity contribution in [2.45, 2.75) is 75.9 Å². The first-order valence-corrected chi connectivity index (χ1v) is 7.00. The fourth-order valence-corrected chi connectivity index (χ4v) is 3.13. The van der Waals surface area contributed by atoms with Crippen molar-refractivity contribution >= 4 is 11.6 Å². The van der Waals surface area contributed by atoms with Crippen LogP contribution in [0.25, 0.3) is 0 Å². The molecule has 0 spiro atoms. The lowest BCUT2D eigenvalue weighted by Crippen LogP contribution is -2.20. The fourth-order valence-electron chi connectivity index (χ4n) is 2.80. The van der Waals surface area contributed by atoms with Crippen LogP contribution >= 0.6 is 11.6 Å². The lowest BCUT2D eigenvalue weighted by molar-refractivity contribution is -0.0147. The van der Waals surface area contributed by atoms with Gasteiger partial charge in [0.1, 0.15) is 0 Å². The molecular formula is C14H23ClO. The molecule has 0 aromatic rings. The van der Waals surface area contributed by atoms with Gasteiger partial charge in [-0.3, -0.25) is 0 Å². The summed E-state index contributed by atoms with van der Waals surface area (Å²) >= 11 is 6.24. The Hall–Kier alpha value is -0.0100. The Balaban J connectivity index is 1.89. The van der Waals surface area contributed by atoms with Gasteiger partial charge >= 0.3 is 0 Å². The van der Waals surface area contributed by atoms with Gasteiger partial charge in [-0.2, -0.15) is 0 Å². The van der Waals surface area contributed by atoms with Crippen LogP contribution in [0.1, 0.15) is 58.8 Å². The summed E-state index contributed by atoms with van der Waals surface area (Å²) in [5, 5.41) is 0.256. The second kappa shape index (κ2) is 5.10. The summed E-state index contributed by atoms with van der Waals surface area (Å²) < 4.78 is 6.04. The maximum atomic E-state index is 6.24. The predicted octanol–water partition coefficient (Wildman–Crippen LogP) is 4.44. The summed E-state index contributed by atoms with van der Waals surface area (Å²) in [5.74, 6) is 0. The van der Waals surface area contributed by atoms with Crippen LogP contribution in [0, 0.1) is 0 Å². The highest BCUT2D eigenvalue weighted by atomic mass is 35.5. The first-order chi connectivity index (χ1) is 7.55. The van der Waals surface area contributed by atoms with Crippen LogP contribution in [0.5, 0.6) is 0 Å². The highest BCUT2D eigenvalue weighted by Crippen LogP contribution is 2.34. The van der Waals surface area contributed by atoms with Gasteiger partial charge in [-0.15, -0.1) is 11.6 Å². The smallest absolute Gasteiger partial charge is 0.0631 e. The molecule has 2 aliphatic rings. The molecule has 2 rings (SSSR count). The fraction of sp³-hybridized carbons (Fsp3) is 0.857. The van der Waals surface area contributed by atoms with Crippen LogP contribution in [-0.4, -0.2) is 17.1 Å². The van der Waals surface area contributed by atoms with E-state index in [9.17, 15) is 0 Å². The zero-order valence-corrected chi connectivity index (χ0v) is 11.2. The van der Waals surface area contributed by atoms with Gasteiger partial charge in [0.15, 0.2) is 0 Å². The van der Waals surface area contributed by atoms with Crippen molar-refractivity contribution < 1.29 is 4.74 Å². The van der Waals surface area contributed by atoms with Crippen molar-refractivity contribution in [1.82, 2.24) is 0 Å². The molecule has 1 fully saturated rings. The van der Waals surface area contributed by atoms with E-state index in [2.05, 4.69) is 19.9 Å². The minimum atomic E-state index is 0.0936. The van der Waals surface area contributed by atoms with E-state index in [4.69, 9.17) is 16.3 Å². The number of halogens is 1. The van der Waals surface area contributed by atoms with Gasteiger partial charge in [-0.1, -0.05) is 18.1 Å². The van der Waals surface area contributed by atoms with E-state index in [-0.39, 0.29) is 11.0 Å². The molecule has 0 amide bonds. The van der Waals surface area contributed by atoms with Crippen molar-refractivity contribution in [1.29, 1.82) is 0 Å². The summed E-state index contributed by atoms with van der Waals surface area (Å²) in [5.41, 5.74) is 1.62. The number of rotatable bonds is 2. The Kier molecular flexibility index (Phi) is 3.97. The largest absolute Gasteiger partial charge is 0.372 e. The van der Waals surface area contributed by atoms with Crippen LogP contribution in [0.3, 0.4) is 0 Å². The van der Waals surface area contributed by atoms with Gasteiger partial charge in [0.05, 0.1) is 17.1 Å². The van der Waals surface area contributed by atoms with Crippen LogP contribution < -0.4 is 0 Å². The first-order valence-electron chi connectivity index (χ1n) is 6.57. The van der Waals surface area contributed by atoms with Crippen LogP contribution in [0.15, 0.2) is 11.6 Å². The summed E-state index contributed by atoms with van der Waals surface area (Å²) in [6.07, 6.45) is 11.1. The molecule has 1 aliphatic carbocycles. The average molecular weight is 243 g/mol. The lowest BCUT2D eigenvalue weighted by Gasteiger charge is -2.20. The van der Waals surface area contributed by atoms with Gasteiger partial charge in [-0.05, 0) is 52.4 Å². The van der Waals surface area contributed by atoms with Crippen LogP contribution in [-0.2, 0) is 4.74 Å². The zero-order valence-electron chi connectivity index (χ0n) is 10.5. The van der Waals surface area contributed by atoms with E-state index >= 15 is 0 Å². The average Bonchev–Trinajstić information content (AvgIpc) is 2.41. The first kappa shape index (κ1) is 12.4. The highest BCUT2D eigenvalue weighted by Gasteiger charge is 2.31. The van der Waals surface area contributed by atoms with Gasteiger partial charge < -0.3 is 4.74 Å². The van der Waals surface area contributed by atoms with Crippen molar-refractivity contribution in [2.24, 2.45) is 0 Å². The maximum absolute atomic E-state index is 6.24. The van der Waals surface area contributed by atoms with Crippen LogP contribution in [0.4, 0.5) is 0 Å². The van der Waals surface area contributed by atoms with E-state index in [0.29, 0.717) is 6.10 Å². The Morgan fingerprint density at radius 3 is 2.88 bits per heavy atom. The molecule has 1 aliphatic heterocycles. The molecule has 0 bridgehead atoms. The summed E-state index contributed by atoms with van der Waals surface area (Å²) in [4.78, 5) is 0. The van der Waals surface area contributed by atoms with Crippen molar-refractivity contribution in [3.8, 4) is 0 Å².